The first-order chi connectivity index (χ1) is 7.59. The first kappa shape index (κ1) is 13.1. The van der Waals surface area contributed by atoms with Crippen LogP contribution < -0.4 is 0 Å². The van der Waals surface area contributed by atoms with Gasteiger partial charge in [0.25, 0.3) is 0 Å². The molecule has 2 saturated carbocycles. The Labute approximate surface area is 105 Å². The van der Waals surface area contributed by atoms with E-state index in [9.17, 15) is 9.90 Å². The Hall–Kier alpha value is -0.370. The van der Waals surface area contributed by atoms with E-state index >= 15 is 0 Å². The van der Waals surface area contributed by atoms with Crippen molar-refractivity contribution in [3.8, 4) is 0 Å². The molecular weight excluding hydrogens is 212 g/mol. The zero-order valence-electron chi connectivity index (χ0n) is 11.8. The number of aliphatic hydroxyl groups is 1. The molecule has 2 aliphatic rings. The SMILES string of the molecule is C[C@@H]1CCC2C(C)(C)C[C@@](C)(O)C(=O)C[C@@]21C. The van der Waals surface area contributed by atoms with Crippen LogP contribution in [-0.4, -0.2) is 16.5 Å². The topological polar surface area (TPSA) is 37.3 Å². The van der Waals surface area contributed by atoms with E-state index < -0.39 is 5.60 Å². The van der Waals surface area contributed by atoms with Crippen molar-refractivity contribution in [1.29, 1.82) is 0 Å². The fourth-order valence-corrected chi connectivity index (χ4v) is 4.65. The van der Waals surface area contributed by atoms with Crippen LogP contribution in [0.15, 0.2) is 0 Å². The highest BCUT2D eigenvalue weighted by Crippen LogP contribution is 2.60. The van der Waals surface area contributed by atoms with Gasteiger partial charge in [0.15, 0.2) is 5.78 Å². The maximum atomic E-state index is 12.3. The molecule has 2 rings (SSSR count). The van der Waals surface area contributed by atoms with Gasteiger partial charge in [0.1, 0.15) is 5.60 Å². The largest absolute Gasteiger partial charge is 0.382 e. The Morgan fingerprint density at radius 3 is 2.35 bits per heavy atom. The smallest absolute Gasteiger partial charge is 0.164 e. The van der Waals surface area contributed by atoms with Crippen LogP contribution >= 0.6 is 0 Å². The average Bonchev–Trinajstić information content (AvgIpc) is 2.38. The number of fused-ring (bicyclic) bond motifs is 1. The van der Waals surface area contributed by atoms with Crippen molar-refractivity contribution < 1.29 is 9.90 Å². The van der Waals surface area contributed by atoms with E-state index in [0.717, 1.165) is 0 Å². The quantitative estimate of drug-likeness (QED) is 0.703. The van der Waals surface area contributed by atoms with E-state index in [0.29, 0.717) is 24.7 Å². The monoisotopic (exact) mass is 238 g/mol. The zero-order chi connectivity index (χ0) is 13.1. The number of hydrogen-bond donors (Lipinski definition) is 1. The summed E-state index contributed by atoms with van der Waals surface area (Å²) < 4.78 is 0. The molecule has 1 N–H and O–H groups in total. The van der Waals surface area contributed by atoms with E-state index in [1.807, 2.05) is 0 Å². The molecule has 0 amide bonds. The fraction of sp³-hybridized carbons (Fsp3) is 0.933. The number of hydrogen-bond acceptors (Lipinski definition) is 2. The standard InChI is InChI=1S/C15H26O2/c1-10-6-7-11-13(2,3)9-15(5,17)12(16)8-14(10,11)4/h10-11,17H,6-9H2,1-5H3/t10-,11?,14-,15-/m1/s1. The van der Waals surface area contributed by atoms with Crippen molar-refractivity contribution in [3.05, 3.63) is 0 Å². The molecule has 2 nitrogen and oxygen atoms in total. The summed E-state index contributed by atoms with van der Waals surface area (Å²) in [5.74, 6) is 1.19. The molecule has 0 radical (unpaired) electrons. The second-order valence-corrected chi connectivity index (χ2v) is 7.58. The Bertz CT molecular complexity index is 343. The lowest BCUT2D eigenvalue weighted by molar-refractivity contribution is -0.138. The maximum Gasteiger partial charge on any atom is 0.164 e. The van der Waals surface area contributed by atoms with Gasteiger partial charge >= 0.3 is 0 Å². The summed E-state index contributed by atoms with van der Waals surface area (Å²) in [4.78, 5) is 12.3. The van der Waals surface area contributed by atoms with E-state index in [2.05, 4.69) is 27.7 Å². The highest BCUT2D eigenvalue weighted by atomic mass is 16.3. The van der Waals surface area contributed by atoms with E-state index in [1.54, 1.807) is 6.92 Å². The van der Waals surface area contributed by atoms with Gasteiger partial charge in [0, 0.05) is 6.42 Å². The van der Waals surface area contributed by atoms with E-state index in [4.69, 9.17) is 0 Å². The van der Waals surface area contributed by atoms with Crippen LogP contribution in [0.4, 0.5) is 0 Å². The molecule has 0 aromatic carbocycles. The highest BCUT2D eigenvalue weighted by Gasteiger charge is 2.57. The Kier molecular flexibility index (Phi) is 2.74. The molecule has 2 heteroatoms. The summed E-state index contributed by atoms with van der Waals surface area (Å²) in [6, 6.07) is 0. The lowest BCUT2D eigenvalue weighted by Gasteiger charge is -2.42. The normalized spacial score (nSPS) is 49.9. The lowest BCUT2D eigenvalue weighted by atomic mass is 9.62. The Morgan fingerprint density at radius 1 is 1.18 bits per heavy atom. The summed E-state index contributed by atoms with van der Waals surface area (Å²) in [5, 5.41) is 10.4. The molecule has 0 heterocycles. The summed E-state index contributed by atoms with van der Waals surface area (Å²) in [6.07, 6.45) is 3.58. The van der Waals surface area contributed by atoms with Crippen molar-refractivity contribution in [3.63, 3.8) is 0 Å². The van der Waals surface area contributed by atoms with Gasteiger partial charge in [0.05, 0.1) is 0 Å². The van der Waals surface area contributed by atoms with Crippen molar-refractivity contribution in [2.24, 2.45) is 22.7 Å². The molecule has 2 aliphatic carbocycles. The molecule has 0 aromatic rings. The molecule has 0 aliphatic heterocycles. The minimum atomic E-state index is -1.13. The maximum absolute atomic E-state index is 12.3. The molecule has 4 atom stereocenters. The third kappa shape index (κ3) is 1.85. The summed E-state index contributed by atoms with van der Waals surface area (Å²) in [5.41, 5.74) is -0.993. The molecule has 17 heavy (non-hydrogen) atoms. The first-order valence-corrected chi connectivity index (χ1v) is 6.85. The van der Waals surface area contributed by atoms with Crippen LogP contribution in [0, 0.1) is 22.7 Å². The van der Waals surface area contributed by atoms with Crippen LogP contribution in [0.1, 0.15) is 60.3 Å². The highest BCUT2D eigenvalue weighted by molar-refractivity contribution is 5.87. The second-order valence-electron chi connectivity index (χ2n) is 7.58. The third-order valence-corrected chi connectivity index (χ3v) is 5.70. The van der Waals surface area contributed by atoms with Gasteiger partial charge in [0.2, 0.25) is 0 Å². The minimum Gasteiger partial charge on any atom is -0.382 e. The number of rotatable bonds is 0. The van der Waals surface area contributed by atoms with Gasteiger partial charge in [-0.3, -0.25) is 4.79 Å². The van der Waals surface area contributed by atoms with Gasteiger partial charge < -0.3 is 5.11 Å². The average molecular weight is 238 g/mol. The van der Waals surface area contributed by atoms with Crippen LogP contribution in [0.2, 0.25) is 0 Å². The predicted octanol–water partition coefficient (Wildman–Crippen LogP) is 3.18. The summed E-state index contributed by atoms with van der Waals surface area (Å²) in [6.45, 7) is 10.7. The van der Waals surface area contributed by atoms with Crippen molar-refractivity contribution in [2.45, 2.75) is 65.9 Å². The Morgan fingerprint density at radius 2 is 1.76 bits per heavy atom. The number of carbonyl (C=O) groups is 1. The molecule has 0 spiro atoms. The van der Waals surface area contributed by atoms with Crippen molar-refractivity contribution >= 4 is 5.78 Å². The number of carbonyl (C=O) groups excluding carboxylic acids is 1. The molecule has 0 aromatic heterocycles. The molecule has 0 bridgehead atoms. The van der Waals surface area contributed by atoms with Crippen molar-refractivity contribution in [1.82, 2.24) is 0 Å². The van der Waals surface area contributed by atoms with Gasteiger partial charge in [-0.15, -0.1) is 0 Å². The number of Topliss-reactive ketones (excluding diaryl/α,β-unsaturated/α-hetero) is 1. The third-order valence-electron chi connectivity index (χ3n) is 5.70. The van der Waals surface area contributed by atoms with Crippen LogP contribution in [0.5, 0.6) is 0 Å². The lowest BCUT2D eigenvalue weighted by Crippen LogP contribution is -2.38. The summed E-state index contributed by atoms with van der Waals surface area (Å²) in [7, 11) is 0. The zero-order valence-corrected chi connectivity index (χ0v) is 11.8. The molecule has 98 valence electrons. The van der Waals surface area contributed by atoms with Crippen LogP contribution in [0.25, 0.3) is 0 Å². The van der Waals surface area contributed by atoms with Crippen molar-refractivity contribution in [2.75, 3.05) is 0 Å². The molecule has 0 saturated heterocycles. The van der Waals surface area contributed by atoms with Crippen LogP contribution in [0.3, 0.4) is 0 Å². The first-order valence-electron chi connectivity index (χ1n) is 6.85. The number of ketones is 1. The van der Waals surface area contributed by atoms with E-state index in [1.165, 1.54) is 12.8 Å². The van der Waals surface area contributed by atoms with Gasteiger partial charge in [-0.1, -0.05) is 27.7 Å². The molecule has 2 fully saturated rings. The van der Waals surface area contributed by atoms with Gasteiger partial charge in [-0.05, 0) is 48.9 Å². The fourth-order valence-electron chi connectivity index (χ4n) is 4.65. The van der Waals surface area contributed by atoms with Gasteiger partial charge in [-0.2, -0.15) is 0 Å². The summed E-state index contributed by atoms with van der Waals surface area (Å²) >= 11 is 0. The molecule has 1 unspecified atom stereocenters. The minimum absolute atomic E-state index is 0.0457. The molecular formula is C15H26O2. The predicted molar refractivity (Wildman–Crippen MR) is 68.6 cm³/mol. The second kappa shape index (κ2) is 3.57. The van der Waals surface area contributed by atoms with E-state index in [-0.39, 0.29) is 16.6 Å². The van der Waals surface area contributed by atoms with Crippen LogP contribution in [-0.2, 0) is 4.79 Å². The van der Waals surface area contributed by atoms with Gasteiger partial charge in [-0.25, -0.2) is 0 Å². The Balaban J connectivity index is 2.45.